The summed E-state index contributed by atoms with van der Waals surface area (Å²) < 4.78 is 5.46. The molecule has 1 amide bonds. The molecule has 0 bridgehead atoms. The summed E-state index contributed by atoms with van der Waals surface area (Å²) in [6.45, 7) is 3.60. The Hall–Kier alpha value is -3.99. The Kier molecular flexibility index (Phi) is 11.6. The number of hydrogen-bond acceptors (Lipinski definition) is 7. The third-order valence-corrected chi connectivity index (χ3v) is 10.3. The van der Waals surface area contributed by atoms with E-state index in [1.165, 1.54) is 41.3 Å². The summed E-state index contributed by atoms with van der Waals surface area (Å²) >= 11 is 8.47. The van der Waals surface area contributed by atoms with Crippen LogP contribution >= 0.6 is 35.3 Å². The van der Waals surface area contributed by atoms with Gasteiger partial charge in [0.15, 0.2) is 10.9 Å². The second-order valence-electron chi connectivity index (χ2n) is 11.0. The van der Waals surface area contributed by atoms with E-state index in [-0.39, 0.29) is 24.3 Å². The van der Waals surface area contributed by atoms with Gasteiger partial charge in [0.2, 0.25) is 5.91 Å². The molecule has 1 aliphatic carbocycles. The van der Waals surface area contributed by atoms with E-state index in [0.717, 1.165) is 59.5 Å². The van der Waals surface area contributed by atoms with Crippen LogP contribution in [-0.4, -0.2) is 29.4 Å². The van der Waals surface area contributed by atoms with Crippen LogP contribution in [0.25, 0.3) is 0 Å². The van der Waals surface area contributed by atoms with Gasteiger partial charge in [-0.1, -0.05) is 49.2 Å². The number of thiophene rings is 1. The molecule has 46 heavy (non-hydrogen) atoms. The second kappa shape index (κ2) is 16.0. The molecule has 1 aliphatic rings. The lowest BCUT2D eigenvalue weighted by molar-refractivity contribution is -0.115. The van der Waals surface area contributed by atoms with Gasteiger partial charge in [-0.3, -0.25) is 9.59 Å². The van der Waals surface area contributed by atoms with Crippen molar-refractivity contribution in [3.8, 4) is 0 Å². The molecule has 0 saturated heterocycles. The van der Waals surface area contributed by atoms with E-state index in [1.807, 2.05) is 54.6 Å². The zero-order valence-electron chi connectivity index (χ0n) is 25.9. The molecule has 3 aromatic carbocycles. The minimum atomic E-state index is -0.582. The van der Waals surface area contributed by atoms with E-state index >= 15 is 0 Å². The maximum atomic E-state index is 14.1. The number of amides is 1. The summed E-state index contributed by atoms with van der Waals surface area (Å²) in [4.78, 5) is 40.9. The van der Waals surface area contributed by atoms with Crippen LogP contribution in [0.4, 0.5) is 16.4 Å². The van der Waals surface area contributed by atoms with Crippen LogP contribution in [0.3, 0.4) is 0 Å². The number of benzene rings is 3. The summed E-state index contributed by atoms with van der Waals surface area (Å²) in [5, 5.41) is 9.88. The Morgan fingerprint density at radius 2 is 1.59 bits per heavy atom. The van der Waals surface area contributed by atoms with Crippen LogP contribution < -0.4 is 16.0 Å². The fourth-order valence-corrected chi connectivity index (χ4v) is 7.97. The highest BCUT2D eigenvalue weighted by Gasteiger charge is 2.29. The Morgan fingerprint density at radius 1 is 0.870 bits per heavy atom. The zero-order chi connectivity index (χ0) is 32.5. The average Bonchev–Trinajstić information content (AvgIpc) is 3.36. The Labute approximate surface area is 283 Å². The summed E-state index contributed by atoms with van der Waals surface area (Å²) in [7, 11) is 0. The van der Waals surface area contributed by atoms with Crippen molar-refractivity contribution in [2.24, 2.45) is 0 Å². The smallest absolute Gasteiger partial charge is 0.341 e. The molecule has 238 valence electrons. The molecule has 5 rings (SSSR count). The van der Waals surface area contributed by atoms with Gasteiger partial charge < -0.3 is 20.7 Å². The summed E-state index contributed by atoms with van der Waals surface area (Å²) in [5.41, 5.74) is 4.54. The minimum absolute atomic E-state index is 0.00354. The number of Topliss-reactive ketones (excluding diaryl/α,β-unsaturated/α-hetero) is 1. The van der Waals surface area contributed by atoms with E-state index in [2.05, 4.69) is 16.0 Å². The summed E-state index contributed by atoms with van der Waals surface area (Å²) in [6.07, 6.45) is 6.10. The van der Waals surface area contributed by atoms with E-state index in [4.69, 9.17) is 17.0 Å². The SMILES string of the molecule is CCOC(=O)c1c(NC(=O)C(Sc2cccc(NC(=S)Nc3ccc(C(C)=O)cc3)c2)c2ccccc2)sc2c1CCCCCC2. The number of ketones is 1. The van der Waals surface area contributed by atoms with Crippen LogP contribution in [0.1, 0.15) is 81.5 Å². The summed E-state index contributed by atoms with van der Waals surface area (Å²) in [5.74, 6) is -0.581. The van der Waals surface area contributed by atoms with Crippen molar-refractivity contribution in [3.05, 3.63) is 106 Å². The van der Waals surface area contributed by atoms with E-state index in [9.17, 15) is 14.4 Å². The Bertz CT molecular complexity index is 1700. The number of thioether (sulfide) groups is 1. The first-order valence-electron chi connectivity index (χ1n) is 15.5. The Balaban J connectivity index is 1.35. The molecule has 1 unspecified atom stereocenters. The van der Waals surface area contributed by atoms with Gasteiger partial charge in [-0.2, -0.15) is 0 Å². The minimum Gasteiger partial charge on any atom is -0.462 e. The number of ether oxygens (including phenoxy) is 1. The third-order valence-electron chi connectivity index (χ3n) is 7.62. The monoisotopic (exact) mass is 671 g/mol. The highest BCUT2D eigenvalue weighted by molar-refractivity contribution is 8.00. The highest BCUT2D eigenvalue weighted by Crippen LogP contribution is 2.41. The van der Waals surface area contributed by atoms with Crippen LogP contribution in [0.2, 0.25) is 0 Å². The largest absolute Gasteiger partial charge is 0.462 e. The first-order valence-corrected chi connectivity index (χ1v) is 17.6. The van der Waals surface area contributed by atoms with Gasteiger partial charge in [0, 0.05) is 26.7 Å². The molecule has 1 atom stereocenters. The van der Waals surface area contributed by atoms with Crippen molar-refractivity contribution >= 4 is 74.5 Å². The molecule has 0 radical (unpaired) electrons. The van der Waals surface area contributed by atoms with Gasteiger partial charge >= 0.3 is 5.97 Å². The quantitative estimate of drug-likeness (QED) is 0.0665. The molecule has 1 heterocycles. The molecule has 3 N–H and O–H groups in total. The number of aryl methyl sites for hydroxylation is 1. The zero-order valence-corrected chi connectivity index (χ0v) is 28.3. The molecular formula is C36H37N3O4S3. The molecule has 0 spiro atoms. The molecule has 0 saturated carbocycles. The summed E-state index contributed by atoms with van der Waals surface area (Å²) in [6, 6.07) is 24.5. The number of fused-ring (bicyclic) bond motifs is 1. The van der Waals surface area contributed by atoms with E-state index in [1.54, 1.807) is 31.2 Å². The van der Waals surface area contributed by atoms with Gasteiger partial charge in [0.25, 0.3) is 0 Å². The van der Waals surface area contributed by atoms with Crippen LogP contribution in [-0.2, 0) is 22.4 Å². The van der Waals surface area contributed by atoms with Gasteiger partial charge in [-0.25, -0.2) is 4.79 Å². The Morgan fingerprint density at radius 3 is 2.30 bits per heavy atom. The van der Waals surface area contributed by atoms with Crippen molar-refractivity contribution in [1.82, 2.24) is 0 Å². The van der Waals surface area contributed by atoms with Gasteiger partial charge in [-0.15, -0.1) is 23.1 Å². The van der Waals surface area contributed by atoms with E-state index in [0.29, 0.717) is 21.2 Å². The standard InChI is InChI=1S/C36H37N3O4S3/c1-3-43-35(42)31-29-16-9-4-5-10-17-30(29)46-34(31)39-33(41)32(25-12-7-6-8-13-25)45-28-15-11-14-27(22-28)38-36(44)37-26-20-18-24(19-21-26)23(2)40/h6-8,11-15,18-22,32H,3-5,9-10,16-17H2,1-2H3,(H,39,41)(H2,37,38,44). The lowest BCUT2D eigenvalue weighted by atomic mass is 9.96. The molecular weight excluding hydrogens is 635 g/mol. The number of carbonyl (C=O) groups is 3. The van der Waals surface area contributed by atoms with E-state index < -0.39 is 5.25 Å². The van der Waals surface area contributed by atoms with Crippen molar-refractivity contribution < 1.29 is 19.1 Å². The predicted molar refractivity (Wildman–Crippen MR) is 193 cm³/mol. The number of rotatable bonds is 10. The fraction of sp³-hybridized carbons (Fsp3) is 0.278. The first kappa shape index (κ1) is 33.4. The molecule has 0 aliphatic heterocycles. The molecule has 10 heteroatoms. The first-order chi connectivity index (χ1) is 22.3. The lowest BCUT2D eigenvalue weighted by Gasteiger charge is -2.18. The normalized spacial score (nSPS) is 13.3. The lowest BCUT2D eigenvalue weighted by Crippen LogP contribution is -2.20. The fourth-order valence-electron chi connectivity index (χ4n) is 5.37. The number of thiocarbonyl (C=S) groups is 1. The van der Waals surface area contributed by atoms with Crippen molar-refractivity contribution in [1.29, 1.82) is 0 Å². The second-order valence-corrected chi connectivity index (χ2v) is 13.7. The maximum Gasteiger partial charge on any atom is 0.341 e. The number of nitrogens with one attached hydrogen (secondary N) is 3. The van der Waals surface area contributed by atoms with Crippen molar-refractivity contribution in [2.75, 3.05) is 22.6 Å². The highest BCUT2D eigenvalue weighted by atomic mass is 32.2. The number of carbonyl (C=O) groups excluding carboxylic acids is 3. The van der Waals surface area contributed by atoms with Gasteiger partial charge in [0.1, 0.15) is 10.3 Å². The number of hydrogen-bond donors (Lipinski definition) is 3. The third kappa shape index (κ3) is 8.63. The maximum absolute atomic E-state index is 14.1. The number of esters is 1. The number of anilines is 3. The molecule has 1 aromatic heterocycles. The topological polar surface area (TPSA) is 96.5 Å². The van der Waals surface area contributed by atoms with Crippen molar-refractivity contribution in [3.63, 3.8) is 0 Å². The average molecular weight is 672 g/mol. The predicted octanol–water partition coefficient (Wildman–Crippen LogP) is 9.07. The van der Waals surface area contributed by atoms with Crippen LogP contribution in [0, 0.1) is 0 Å². The van der Waals surface area contributed by atoms with Gasteiger partial charge in [-0.05, 0) is 105 Å². The molecule has 4 aromatic rings. The molecule has 0 fully saturated rings. The van der Waals surface area contributed by atoms with Crippen molar-refractivity contribution in [2.45, 2.75) is 62.5 Å². The van der Waals surface area contributed by atoms with Crippen LogP contribution in [0.15, 0.2) is 83.8 Å². The molecule has 7 nitrogen and oxygen atoms in total. The van der Waals surface area contributed by atoms with Crippen LogP contribution in [0.5, 0.6) is 0 Å². The van der Waals surface area contributed by atoms with Gasteiger partial charge in [0.05, 0.1) is 12.2 Å².